The molecule has 0 aliphatic heterocycles. The summed E-state index contributed by atoms with van der Waals surface area (Å²) in [7, 11) is -3.27. The van der Waals surface area contributed by atoms with Crippen LogP contribution in [0.15, 0.2) is 45.1 Å². The molecule has 0 radical (unpaired) electrons. The number of nitrogens with zero attached hydrogens (tertiary/aromatic N) is 2. The first-order valence-electron chi connectivity index (χ1n) is 5.34. The van der Waals surface area contributed by atoms with Gasteiger partial charge in [0.05, 0.1) is 4.90 Å². The van der Waals surface area contributed by atoms with Crippen molar-refractivity contribution < 1.29 is 8.42 Å². The standard InChI is InChI=1S/C12H11ClN2O2S2/c1-8-14-11(13)7-12(15-8)18-9-5-3-4-6-10(9)19(2,16)17/h3-7H,1-2H3. The molecule has 4 nitrogen and oxygen atoms in total. The lowest BCUT2D eigenvalue weighted by Gasteiger charge is -2.07. The third-order valence-electron chi connectivity index (χ3n) is 2.25. The van der Waals surface area contributed by atoms with Crippen LogP contribution in [0.25, 0.3) is 0 Å². The Hall–Kier alpha value is -1.11. The average molecular weight is 315 g/mol. The Kier molecular flexibility index (Phi) is 4.13. The number of sulfone groups is 1. The van der Waals surface area contributed by atoms with Crippen molar-refractivity contribution in [1.82, 2.24) is 9.97 Å². The molecule has 0 bridgehead atoms. The van der Waals surface area contributed by atoms with Crippen molar-refractivity contribution in [3.63, 3.8) is 0 Å². The van der Waals surface area contributed by atoms with Gasteiger partial charge in [0.15, 0.2) is 9.84 Å². The van der Waals surface area contributed by atoms with Crippen molar-refractivity contribution in [2.45, 2.75) is 21.7 Å². The topological polar surface area (TPSA) is 59.9 Å². The molecule has 100 valence electrons. The maximum absolute atomic E-state index is 11.7. The van der Waals surface area contributed by atoms with Gasteiger partial charge in [-0.05, 0) is 19.1 Å². The molecular weight excluding hydrogens is 304 g/mol. The van der Waals surface area contributed by atoms with Crippen LogP contribution in [0.5, 0.6) is 0 Å². The fourth-order valence-corrected chi connectivity index (χ4v) is 4.03. The monoisotopic (exact) mass is 314 g/mol. The highest BCUT2D eigenvalue weighted by molar-refractivity contribution is 8.00. The SMILES string of the molecule is Cc1nc(Cl)cc(Sc2ccccc2S(C)(=O)=O)n1. The van der Waals surface area contributed by atoms with E-state index in [1.165, 1.54) is 18.0 Å². The summed E-state index contributed by atoms with van der Waals surface area (Å²) in [5, 5.41) is 0.959. The lowest BCUT2D eigenvalue weighted by atomic mass is 10.4. The van der Waals surface area contributed by atoms with Gasteiger partial charge in [0, 0.05) is 17.2 Å². The zero-order chi connectivity index (χ0) is 14.0. The van der Waals surface area contributed by atoms with Crippen LogP contribution in [0.1, 0.15) is 5.82 Å². The van der Waals surface area contributed by atoms with Gasteiger partial charge < -0.3 is 0 Å². The van der Waals surface area contributed by atoms with Gasteiger partial charge in [0.2, 0.25) is 0 Å². The maximum Gasteiger partial charge on any atom is 0.176 e. The first-order chi connectivity index (χ1) is 8.86. The second-order valence-electron chi connectivity index (χ2n) is 3.90. The molecule has 0 saturated heterocycles. The van der Waals surface area contributed by atoms with E-state index >= 15 is 0 Å². The van der Waals surface area contributed by atoms with E-state index in [1.807, 2.05) is 0 Å². The Morgan fingerprint density at radius 2 is 1.89 bits per heavy atom. The molecule has 0 N–H and O–H groups in total. The van der Waals surface area contributed by atoms with E-state index < -0.39 is 9.84 Å². The predicted octanol–water partition coefficient (Wildman–Crippen LogP) is 2.99. The Morgan fingerprint density at radius 1 is 1.21 bits per heavy atom. The number of aromatic nitrogens is 2. The van der Waals surface area contributed by atoms with Gasteiger partial charge in [-0.15, -0.1) is 0 Å². The van der Waals surface area contributed by atoms with Crippen LogP contribution >= 0.6 is 23.4 Å². The normalized spacial score (nSPS) is 11.5. The summed E-state index contributed by atoms with van der Waals surface area (Å²) in [6, 6.07) is 8.41. The lowest BCUT2D eigenvalue weighted by molar-refractivity contribution is 0.600. The molecule has 0 aliphatic carbocycles. The molecule has 0 amide bonds. The number of hydrogen-bond acceptors (Lipinski definition) is 5. The van der Waals surface area contributed by atoms with E-state index in [0.717, 1.165) is 0 Å². The van der Waals surface area contributed by atoms with E-state index in [2.05, 4.69) is 9.97 Å². The molecule has 1 heterocycles. The zero-order valence-electron chi connectivity index (χ0n) is 10.3. The van der Waals surface area contributed by atoms with Crippen LogP contribution in [0, 0.1) is 6.92 Å². The Bertz CT molecular complexity index is 697. The molecule has 0 fully saturated rings. The van der Waals surface area contributed by atoms with Gasteiger partial charge in [-0.2, -0.15) is 0 Å². The van der Waals surface area contributed by atoms with Crippen LogP contribution in [0.3, 0.4) is 0 Å². The van der Waals surface area contributed by atoms with Crippen LogP contribution in [-0.4, -0.2) is 24.6 Å². The van der Waals surface area contributed by atoms with Gasteiger partial charge in [-0.1, -0.05) is 35.5 Å². The second-order valence-corrected chi connectivity index (χ2v) is 7.33. The fourth-order valence-electron chi connectivity index (χ4n) is 1.51. The van der Waals surface area contributed by atoms with E-state index in [-0.39, 0.29) is 4.90 Å². The summed E-state index contributed by atoms with van der Waals surface area (Å²) in [6.07, 6.45) is 1.19. The van der Waals surface area contributed by atoms with Crippen molar-refractivity contribution in [3.8, 4) is 0 Å². The Balaban J connectivity index is 2.44. The summed E-state index contributed by atoms with van der Waals surface area (Å²) in [6.45, 7) is 1.73. The van der Waals surface area contributed by atoms with E-state index in [4.69, 9.17) is 11.6 Å². The third kappa shape index (κ3) is 3.68. The molecule has 0 unspecified atom stereocenters. The van der Waals surface area contributed by atoms with Crippen LogP contribution < -0.4 is 0 Å². The van der Waals surface area contributed by atoms with E-state index in [1.54, 1.807) is 37.3 Å². The predicted molar refractivity (Wildman–Crippen MR) is 75.5 cm³/mol. The number of halogens is 1. The van der Waals surface area contributed by atoms with Gasteiger partial charge in [-0.3, -0.25) is 0 Å². The molecule has 2 rings (SSSR count). The minimum atomic E-state index is -3.27. The van der Waals surface area contributed by atoms with Crippen molar-refractivity contribution in [3.05, 3.63) is 41.3 Å². The second kappa shape index (κ2) is 5.48. The number of benzene rings is 1. The van der Waals surface area contributed by atoms with Gasteiger partial charge in [0.25, 0.3) is 0 Å². The summed E-state index contributed by atoms with van der Waals surface area (Å²) < 4.78 is 23.4. The first-order valence-corrected chi connectivity index (χ1v) is 8.43. The van der Waals surface area contributed by atoms with Gasteiger partial charge in [0.1, 0.15) is 16.0 Å². The summed E-state index contributed by atoms with van der Waals surface area (Å²) in [4.78, 5) is 9.10. The zero-order valence-corrected chi connectivity index (χ0v) is 12.7. The minimum Gasteiger partial charge on any atom is -0.226 e. The lowest BCUT2D eigenvalue weighted by Crippen LogP contribution is -1.99. The van der Waals surface area contributed by atoms with Crippen LogP contribution in [-0.2, 0) is 9.84 Å². The first kappa shape index (κ1) is 14.3. The Labute approximate surface area is 121 Å². The highest BCUT2D eigenvalue weighted by Crippen LogP contribution is 2.32. The average Bonchev–Trinajstić information content (AvgIpc) is 2.26. The van der Waals surface area contributed by atoms with Crippen LogP contribution in [0.2, 0.25) is 5.15 Å². The molecule has 7 heteroatoms. The molecule has 0 saturated carbocycles. The molecular formula is C12H11ClN2O2S2. The van der Waals surface area contributed by atoms with Crippen molar-refractivity contribution in [1.29, 1.82) is 0 Å². The summed E-state index contributed by atoms with van der Waals surface area (Å²) in [5.41, 5.74) is 0. The molecule has 0 spiro atoms. The third-order valence-corrected chi connectivity index (χ3v) is 4.72. The summed E-state index contributed by atoms with van der Waals surface area (Å²) >= 11 is 7.12. The van der Waals surface area contributed by atoms with E-state index in [9.17, 15) is 8.42 Å². The Morgan fingerprint density at radius 3 is 2.53 bits per heavy atom. The minimum absolute atomic E-state index is 0.285. The largest absolute Gasteiger partial charge is 0.226 e. The molecule has 1 aromatic carbocycles. The maximum atomic E-state index is 11.7. The van der Waals surface area contributed by atoms with Crippen molar-refractivity contribution >= 4 is 33.2 Å². The smallest absolute Gasteiger partial charge is 0.176 e. The van der Waals surface area contributed by atoms with Gasteiger partial charge >= 0.3 is 0 Å². The van der Waals surface area contributed by atoms with Gasteiger partial charge in [-0.25, -0.2) is 18.4 Å². The highest BCUT2D eigenvalue weighted by Gasteiger charge is 2.14. The quantitative estimate of drug-likeness (QED) is 0.815. The van der Waals surface area contributed by atoms with Crippen LogP contribution in [0.4, 0.5) is 0 Å². The number of aryl methyl sites for hydroxylation is 1. The number of hydrogen-bond donors (Lipinski definition) is 0. The molecule has 1 aromatic heterocycles. The van der Waals surface area contributed by atoms with Crippen molar-refractivity contribution in [2.24, 2.45) is 0 Å². The molecule has 2 aromatic rings. The van der Waals surface area contributed by atoms with E-state index in [0.29, 0.717) is 20.9 Å². The summed E-state index contributed by atoms with van der Waals surface area (Å²) in [5.74, 6) is 0.548. The van der Waals surface area contributed by atoms with Crippen molar-refractivity contribution in [2.75, 3.05) is 6.26 Å². The molecule has 0 aliphatic rings. The highest BCUT2D eigenvalue weighted by atomic mass is 35.5. The fraction of sp³-hybridized carbons (Fsp3) is 0.167. The molecule has 0 atom stereocenters. The molecule has 19 heavy (non-hydrogen) atoms. The number of rotatable bonds is 3.